The second kappa shape index (κ2) is 67.0. The maximum absolute atomic E-state index is 2.32. The molecular formula is C68H138. The monoisotopic (exact) mass is 955 g/mol. The summed E-state index contributed by atoms with van der Waals surface area (Å²) in [6.07, 6.45) is 98.4. The van der Waals surface area contributed by atoms with Gasteiger partial charge in [-0.25, -0.2) is 0 Å². The predicted molar refractivity (Wildman–Crippen MR) is 316 cm³/mol. The van der Waals surface area contributed by atoms with Gasteiger partial charge >= 0.3 is 0 Å². The highest BCUT2D eigenvalue weighted by Crippen LogP contribution is 2.20. The molecule has 0 amide bonds. The zero-order chi connectivity index (χ0) is 48.7. The topological polar surface area (TPSA) is 0 Å². The maximum Gasteiger partial charge on any atom is -0.0533 e. The lowest BCUT2D eigenvalue weighted by molar-refractivity contribution is 0.506. The van der Waals surface area contributed by atoms with Crippen molar-refractivity contribution in [2.45, 2.75) is 438 Å². The van der Waals surface area contributed by atoms with Crippen molar-refractivity contribution in [3.05, 3.63) is 0 Å². The average Bonchev–Trinajstić information content (AvgIpc) is 3.35. The Hall–Kier alpha value is 0. The molecule has 410 valence electrons. The molecule has 68 heavy (non-hydrogen) atoms. The van der Waals surface area contributed by atoms with Crippen molar-refractivity contribution in [3.63, 3.8) is 0 Å². The molecule has 0 aliphatic carbocycles. The summed E-state index contributed by atoms with van der Waals surface area (Å²) in [6.45, 7) is 4.63. The Balaban J connectivity index is 3.07. The Morgan fingerprint density at radius 1 is 0.0735 bits per heavy atom. The van der Waals surface area contributed by atoms with E-state index in [1.807, 2.05) is 0 Å². The third-order valence-electron chi connectivity index (χ3n) is 16.5. The molecule has 0 atom stereocenters. The number of hydrogen-bond donors (Lipinski definition) is 0. The first-order chi connectivity index (χ1) is 33.9. The first-order valence-electron chi connectivity index (χ1n) is 33.9. The second-order valence-corrected chi connectivity index (χ2v) is 23.6. The van der Waals surface area contributed by atoms with Crippen LogP contribution < -0.4 is 0 Å². The molecule has 0 heteroatoms. The van der Waals surface area contributed by atoms with E-state index in [0.29, 0.717) is 0 Å². The van der Waals surface area contributed by atoms with Gasteiger partial charge < -0.3 is 0 Å². The van der Waals surface area contributed by atoms with Crippen LogP contribution in [-0.2, 0) is 0 Å². The molecule has 0 spiro atoms. The molecule has 0 N–H and O–H groups in total. The van der Waals surface area contributed by atoms with Crippen molar-refractivity contribution in [3.8, 4) is 0 Å². The zero-order valence-corrected chi connectivity index (χ0v) is 48.7. The third kappa shape index (κ3) is 66.0. The second-order valence-electron chi connectivity index (χ2n) is 23.6. The fourth-order valence-electron chi connectivity index (χ4n) is 11.5. The lowest BCUT2D eigenvalue weighted by Gasteiger charge is -2.05. The van der Waals surface area contributed by atoms with E-state index in [9.17, 15) is 0 Å². The fraction of sp³-hybridized carbons (Fsp3) is 1.00. The zero-order valence-electron chi connectivity index (χ0n) is 48.7. The van der Waals surface area contributed by atoms with Gasteiger partial charge in [-0.2, -0.15) is 0 Å². The van der Waals surface area contributed by atoms with E-state index in [1.165, 1.54) is 424 Å². The summed E-state index contributed by atoms with van der Waals surface area (Å²) in [6, 6.07) is 0. The maximum atomic E-state index is 2.32. The van der Waals surface area contributed by atoms with Crippen LogP contribution in [0.4, 0.5) is 0 Å². The first kappa shape index (κ1) is 68.0. The lowest BCUT2D eigenvalue weighted by atomic mass is 10.0. The van der Waals surface area contributed by atoms with Gasteiger partial charge in [0.2, 0.25) is 0 Å². The number of rotatable bonds is 65. The molecule has 0 bridgehead atoms. The molecule has 0 aliphatic heterocycles. The highest BCUT2D eigenvalue weighted by molar-refractivity contribution is 4.56. The summed E-state index contributed by atoms with van der Waals surface area (Å²) < 4.78 is 0. The molecule has 0 saturated heterocycles. The van der Waals surface area contributed by atoms with E-state index in [1.54, 1.807) is 0 Å². The smallest absolute Gasteiger partial charge is 0.0533 e. The van der Waals surface area contributed by atoms with Crippen LogP contribution in [0, 0.1) is 0 Å². The van der Waals surface area contributed by atoms with Gasteiger partial charge in [0.25, 0.3) is 0 Å². The summed E-state index contributed by atoms with van der Waals surface area (Å²) >= 11 is 0. The van der Waals surface area contributed by atoms with Crippen LogP contribution in [-0.4, -0.2) is 0 Å². The summed E-state index contributed by atoms with van der Waals surface area (Å²) in [5.41, 5.74) is 0. The Bertz CT molecular complexity index is 732. The molecule has 0 unspecified atom stereocenters. The van der Waals surface area contributed by atoms with Gasteiger partial charge in [-0.15, -0.1) is 0 Å². The molecule has 0 aliphatic rings. The van der Waals surface area contributed by atoms with Crippen molar-refractivity contribution >= 4 is 0 Å². The van der Waals surface area contributed by atoms with Gasteiger partial charge in [-0.1, -0.05) is 438 Å². The fourth-order valence-corrected chi connectivity index (χ4v) is 11.5. The summed E-state index contributed by atoms with van der Waals surface area (Å²) in [5, 5.41) is 0. The molecule has 0 rings (SSSR count). The van der Waals surface area contributed by atoms with E-state index < -0.39 is 0 Å². The van der Waals surface area contributed by atoms with E-state index >= 15 is 0 Å². The van der Waals surface area contributed by atoms with Crippen LogP contribution in [0.1, 0.15) is 438 Å². The van der Waals surface area contributed by atoms with Gasteiger partial charge in [0.15, 0.2) is 0 Å². The largest absolute Gasteiger partial charge is 0.0654 e. The van der Waals surface area contributed by atoms with Gasteiger partial charge in [-0.05, 0) is 0 Å². The molecule has 0 radical (unpaired) electrons. The third-order valence-corrected chi connectivity index (χ3v) is 16.5. The van der Waals surface area contributed by atoms with Gasteiger partial charge in [0.05, 0.1) is 0 Å². The Kier molecular flexibility index (Phi) is 67.0. The van der Waals surface area contributed by atoms with Crippen LogP contribution in [0.2, 0.25) is 0 Å². The SMILES string of the molecule is CCCCCCCCCCCCCCCCCCCCCCCCCCCCCCCCCCCCCCCCCCCCCCCCCCCCCCCCCCCCCCCCCCCC. The van der Waals surface area contributed by atoms with E-state index in [0.717, 1.165) is 0 Å². The van der Waals surface area contributed by atoms with Gasteiger partial charge in [-0.3, -0.25) is 0 Å². The summed E-state index contributed by atoms with van der Waals surface area (Å²) in [7, 11) is 0. The minimum atomic E-state index is 1.37. The van der Waals surface area contributed by atoms with Crippen LogP contribution >= 0.6 is 0 Å². The highest BCUT2D eigenvalue weighted by atomic mass is 14.1. The first-order valence-corrected chi connectivity index (χ1v) is 33.9. The van der Waals surface area contributed by atoms with Crippen molar-refractivity contribution in [2.24, 2.45) is 0 Å². The van der Waals surface area contributed by atoms with Crippen molar-refractivity contribution in [1.29, 1.82) is 0 Å². The van der Waals surface area contributed by atoms with Crippen LogP contribution in [0.3, 0.4) is 0 Å². The van der Waals surface area contributed by atoms with E-state index in [2.05, 4.69) is 13.8 Å². The van der Waals surface area contributed by atoms with E-state index in [-0.39, 0.29) is 0 Å². The Labute approximate surface area is 435 Å². The molecule has 0 aromatic heterocycles. The van der Waals surface area contributed by atoms with Crippen molar-refractivity contribution < 1.29 is 0 Å². The molecule has 0 aromatic rings. The summed E-state index contributed by atoms with van der Waals surface area (Å²) in [4.78, 5) is 0. The molecule has 0 saturated carbocycles. The van der Waals surface area contributed by atoms with Crippen molar-refractivity contribution in [2.75, 3.05) is 0 Å². The lowest BCUT2D eigenvalue weighted by Crippen LogP contribution is -1.85. The number of unbranched alkanes of at least 4 members (excludes halogenated alkanes) is 65. The molecule has 0 nitrogen and oxygen atoms in total. The minimum Gasteiger partial charge on any atom is -0.0654 e. The average molecular weight is 956 g/mol. The molecule has 0 aromatic carbocycles. The predicted octanol–water partition coefficient (Wildman–Crippen LogP) is 26.8. The Morgan fingerprint density at radius 2 is 0.118 bits per heavy atom. The number of hydrogen-bond acceptors (Lipinski definition) is 0. The van der Waals surface area contributed by atoms with Crippen LogP contribution in [0.15, 0.2) is 0 Å². The van der Waals surface area contributed by atoms with Gasteiger partial charge in [0, 0.05) is 0 Å². The molecule has 0 heterocycles. The molecule has 0 fully saturated rings. The van der Waals surface area contributed by atoms with Crippen molar-refractivity contribution in [1.82, 2.24) is 0 Å². The standard InChI is InChI=1S/C68H138/c1-3-5-7-9-11-13-15-17-19-21-23-25-27-29-31-33-35-37-39-41-43-45-47-49-51-53-55-57-59-61-63-65-67-68-66-64-62-60-58-56-54-52-50-48-46-44-42-40-38-36-34-32-30-28-26-24-22-20-18-16-14-12-10-8-6-4-2/h3-68H2,1-2H3. The Morgan fingerprint density at radius 3 is 0.162 bits per heavy atom. The van der Waals surface area contributed by atoms with E-state index in [4.69, 9.17) is 0 Å². The highest BCUT2D eigenvalue weighted by Gasteiger charge is 2.00. The van der Waals surface area contributed by atoms with Crippen LogP contribution in [0.25, 0.3) is 0 Å². The summed E-state index contributed by atoms with van der Waals surface area (Å²) in [5.74, 6) is 0. The normalized spacial score (nSPS) is 11.7. The minimum absolute atomic E-state index is 1.37. The van der Waals surface area contributed by atoms with Crippen LogP contribution in [0.5, 0.6) is 0 Å². The van der Waals surface area contributed by atoms with Gasteiger partial charge in [0.1, 0.15) is 0 Å². The quantitative estimate of drug-likeness (QED) is 0.0533. The molecular weight excluding hydrogens is 817 g/mol.